The van der Waals surface area contributed by atoms with Crippen molar-refractivity contribution >= 4 is 40.3 Å². The van der Waals surface area contributed by atoms with Crippen LogP contribution in [0.3, 0.4) is 0 Å². The van der Waals surface area contributed by atoms with Crippen LogP contribution in [0.2, 0.25) is 0 Å². The molecule has 0 saturated heterocycles. The van der Waals surface area contributed by atoms with Gasteiger partial charge in [0.2, 0.25) is 11.8 Å². The molecule has 0 heterocycles. The molecule has 0 spiro atoms. The van der Waals surface area contributed by atoms with Gasteiger partial charge < -0.3 is 16.0 Å². The number of hydrogen-bond acceptors (Lipinski definition) is 6. The van der Waals surface area contributed by atoms with Crippen molar-refractivity contribution in [3.63, 3.8) is 0 Å². The first-order valence-electron chi connectivity index (χ1n) is 11.2. The van der Waals surface area contributed by atoms with E-state index in [9.17, 15) is 19.7 Å². The molecule has 0 aromatic heterocycles. The Bertz CT molecular complexity index is 1000. The molecule has 1 atom stereocenters. The number of rotatable bonds is 13. The monoisotopic (exact) mass is 488 g/mol. The van der Waals surface area contributed by atoms with Crippen LogP contribution in [0.1, 0.15) is 33.1 Å². The van der Waals surface area contributed by atoms with E-state index in [1.807, 2.05) is 42.5 Å². The first kappa shape index (κ1) is 26.9. The Labute approximate surface area is 203 Å². The molecule has 0 bridgehead atoms. The van der Waals surface area contributed by atoms with Crippen LogP contribution in [0, 0.1) is 21.4 Å². The molecule has 5 N–H and O–H groups in total. The number of carbonyl (C=O) groups is 2. The Morgan fingerprint density at radius 2 is 1.79 bits per heavy atom. The van der Waals surface area contributed by atoms with E-state index in [-0.39, 0.29) is 24.1 Å². The van der Waals surface area contributed by atoms with Crippen molar-refractivity contribution in [1.29, 1.82) is 5.41 Å². The quantitative estimate of drug-likeness (QED) is 0.0726. The maximum absolute atomic E-state index is 12.7. The number of guanidine groups is 1. The largest absolute Gasteiger partial charge is 0.354 e. The predicted octanol–water partition coefficient (Wildman–Crippen LogP) is 2.66. The molecule has 2 aromatic carbocycles. The van der Waals surface area contributed by atoms with E-state index in [0.29, 0.717) is 25.3 Å². The molecule has 0 aliphatic carbocycles. The SMILES string of the molecule is CC(C)CCNC(=O)[C@H](CCCNC(=N)N[N+](=O)[O-])NC(=O)CSc1ccc2ccccc2c1. The van der Waals surface area contributed by atoms with Crippen molar-refractivity contribution in [2.24, 2.45) is 5.92 Å². The first-order chi connectivity index (χ1) is 16.2. The second-order valence-electron chi connectivity index (χ2n) is 8.20. The highest BCUT2D eigenvalue weighted by Gasteiger charge is 2.20. The third-order valence-corrected chi connectivity index (χ3v) is 5.93. The van der Waals surface area contributed by atoms with Gasteiger partial charge in [-0.15, -0.1) is 11.8 Å². The van der Waals surface area contributed by atoms with Crippen molar-refractivity contribution in [3.05, 3.63) is 52.6 Å². The van der Waals surface area contributed by atoms with Gasteiger partial charge in [0.1, 0.15) is 6.04 Å². The number of fused-ring (bicyclic) bond motifs is 1. The number of carbonyl (C=O) groups excluding carboxylic acids is 2. The normalized spacial score (nSPS) is 11.6. The minimum atomic E-state index is -0.826. The molecular formula is C23H32N6O4S. The minimum Gasteiger partial charge on any atom is -0.354 e. The van der Waals surface area contributed by atoms with Crippen molar-refractivity contribution < 1.29 is 14.6 Å². The zero-order valence-corrected chi connectivity index (χ0v) is 20.2. The summed E-state index contributed by atoms with van der Waals surface area (Å²) in [7, 11) is 0. The van der Waals surface area contributed by atoms with Gasteiger partial charge in [-0.2, -0.15) is 0 Å². The summed E-state index contributed by atoms with van der Waals surface area (Å²) in [5.41, 5.74) is 1.71. The highest BCUT2D eigenvalue weighted by atomic mass is 32.2. The van der Waals surface area contributed by atoms with Gasteiger partial charge in [0.25, 0.3) is 5.96 Å². The number of hydrazine groups is 1. The molecule has 34 heavy (non-hydrogen) atoms. The van der Waals surface area contributed by atoms with Gasteiger partial charge in [0.05, 0.1) is 5.75 Å². The lowest BCUT2D eigenvalue weighted by Crippen LogP contribution is -2.48. The summed E-state index contributed by atoms with van der Waals surface area (Å²) < 4.78 is 0. The average molecular weight is 489 g/mol. The molecule has 2 aromatic rings. The Hall–Kier alpha value is -3.34. The van der Waals surface area contributed by atoms with Gasteiger partial charge in [-0.05, 0) is 48.1 Å². The van der Waals surface area contributed by atoms with E-state index < -0.39 is 17.0 Å². The number of amides is 2. The number of benzene rings is 2. The average Bonchev–Trinajstić information content (AvgIpc) is 2.78. The molecule has 2 amide bonds. The van der Waals surface area contributed by atoms with Crippen molar-refractivity contribution in [3.8, 4) is 0 Å². The Morgan fingerprint density at radius 1 is 1.06 bits per heavy atom. The summed E-state index contributed by atoms with van der Waals surface area (Å²) >= 11 is 1.40. The van der Waals surface area contributed by atoms with Crippen molar-refractivity contribution in [1.82, 2.24) is 21.4 Å². The molecule has 10 nitrogen and oxygen atoms in total. The Balaban J connectivity index is 1.88. The summed E-state index contributed by atoms with van der Waals surface area (Å²) in [6, 6.07) is 13.3. The molecule has 0 aliphatic rings. The van der Waals surface area contributed by atoms with Crippen LogP contribution in [0.25, 0.3) is 10.8 Å². The second kappa shape index (κ2) is 14.0. The number of nitro groups is 1. The fourth-order valence-electron chi connectivity index (χ4n) is 3.17. The summed E-state index contributed by atoms with van der Waals surface area (Å²) in [5.74, 6) is -0.333. The highest BCUT2D eigenvalue weighted by Crippen LogP contribution is 2.23. The Morgan fingerprint density at radius 3 is 2.50 bits per heavy atom. The standard InChI is InChI=1S/C23H32N6O4S/c1-16(2)11-13-25-22(31)20(8-5-12-26-23(24)28-29(32)33)27-21(30)15-34-19-10-9-17-6-3-4-7-18(17)14-19/h3-4,6-7,9-10,14,16,20H,5,8,11-13,15H2,1-2H3,(H,25,31)(H,27,30)(H3,24,26,28)/t20-/m0/s1. The number of hydrogen-bond donors (Lipinski definition) is 5. The molecule has 0 unspecified atom stereocenters. The fourth-order valence-corrected chi connectivity index (χ4v) is 3.92. The van der Waals surface area contributed by atoms with Gasteiger partial charge in [-0.25, -0.2) is 10.1 Å². The van der Waals surface area contributed by atoms with Crippen LogP contribution in [-0.2, 0) is 9.59 Å². The van der Waals surface area contributed by atoms with Crippen LogP contribution >= 0.6 is 11.8 Å². The molecule has 11 heteroatoms. The molecule has 0 saturated carbocycles. The lowest BCUT2D eigenvalue weighted by atomic mass is 10.1. The van der Waals surface area contributed by atoms with Crippen LogP contribution in [0.15, 0.2) is 47.4 Å². The zero-order chi connectivity index (χ0) is 24.9. The summed E-state index contributed by atoms with van der Waals surface area (Å²) in [5, 5.41) is 27.4. The van der Waals surface area contributed by atoms with Crippen molar-refractivity contribution in [2.45, 2.75) is 44.0 Å². The van der Waals surface area contributed by atoms with E-state index >= 15 is 0 Å². The van der Waals surface area contributed by atoms with E-state index in [4.69, 9.17) is 5.41 Å². The number of thioether (sulfide) groups is 1. The third-order valence-electron chi connectivity index (χ3n) is 4.94. The Kier molecular flexibility index (Phi) is 11.1. The van der Waals surface area contributed by atoms with Gasteiger partial charge in [0.15, 0.2) is 5.03 Å². The van der Waals surface area contributed by atoms with E-state index in [2.05, 4.69) is 29.8 Å². The summed E-state index contributed by atoms with van der Waals surface area (Å²) in [4.78, 5) is 36.6. The number of nitrogens with zero attached hydrogens (tertiary/aromatic N) is 1. The van der Waals surface area contributed by atoms with Gasteiger partial charge in [0, 0.05) is 18.0 Å². The molecule has 0 radical (unpaired) electrons. The topological polar surface area (TPSA) is 149 Å². The highest BCUT2D eigenvalue weighted by molar-refractivity contribution is 8.00. The van der Waals surface area contributed by atoms with E-state index in [1.165, 1.54) is 11.8 Å². The zero-order valence-electron chi connectivity index (χ0n) is 19.4. The molecule has 0 aliphatic heterocycles. The molecule has 0 fully saturated rings. The predicted molar refractivity (Wildman–Crippen MR) is 134 cm³/mol. The molecule has 184 valence electrons. The lowest BCUT2D eigenvalue weighted by molar-refractivity contribution is -0.525. The van der Waals surface area contributed by atoms with Crippen LogP contribution in [0.4, 0.5) is 0 Å². The maximum Gasteiger partial charge on any atom is 0.251 e. The van der Waals surface area contributed by atoms with E-state index in [0.717, 1.165) is 22.1 Å². The van der Waals surface area contributed by atoms with Gasteiger partial charge in [-0.1, -0.05) is 49.6 Å². The minimum absolute atomic E-state index is 0.170. The summed E-state index contributed by atoms with van der Waals surface area (Å²) in [6.07, 6.45) is 1.59. The summed E-state index contributed by atoms with van der Waals surface area (Å²) in [6.45, 7) is 4.89. The number of nitrogens with one attached hydrogen (secondary N) is 5. The smallest absolute Gasteiger partial charge is 0.251 e. The van der Waals surface area contributed by atoms with Crippen LogP contribution in [0.5, 0.6) is 0 Å². The van der Waals surface area contributed by atoms with Crippen LogP contribution < -0.4 is 21.4 Å². The lowest BCUT2D eigenvalue weighted by Gasteiger charge is -2.19. The van der Waals surface area contributed by atoms with Gasteiger partial charge >= 0.3 is 0 Å². The molecule has 2 rings (SSSR count). The second-order valence-corrected chi connectivity index (χ2v) is 9.25. The maximum atomic E-state index is 12.7. The van der Waals surface area contributed by atoms with Crippen molar-refractivity contribution in [2.75, 3.05) is 18.8 Å². The fraction of sp³-hybridized carbons (Fsp3) is 0.435. The first-order valence-corrected chi connectivity index (χ1v) is 12.1. The van der Waals surface area contributed by atoms with E-state index in [1.54, 1.807) is 5.43 Å². The van der Waals surface area contributed by atoms with Gasteiger partial charge in [-0.3, -0.25) is 15.0 Å². The van der Waals surface area contributed by atoms with Crippen LogP contribution in [-0.4, -0.2) is 47.7 Å². The third kappa shape index (κ3) is 10.1. The molecular weight excluding hydrogens is 456 g/mol.